The molecule has 0 bridgehead atoms. The number of nitrogen functional groups attached to an aromatic ring is 1. The number of aryl methyl sites for hydroxylation is 1. The number of imidazole rings is 1. The zero-order valence-corrected chi connectivity index (χ0v) is 11.4. The zero-order chi connectivity index (χ0) is 13.9. The van der Waals surface area contributed by atoms with Gasteiger partial charge in [-0.05, 0) is 31.2 Å². The second-order valence-corrected chi connectivity index (χ2v) is 4.77. The van der Waals surface area contributed by atoms with E-state index in [1.54, 1.807) is 0 Å². The Labute approximate surface area is 117 Å². The molecular formula is C15H17N5. The highest BCUT2D eigenvalue weighted by molar-refractivity contribution is 5.74. The second kappa shape index (κ2) is 5.21. The van der Waals surface area contributed by atoms with Gasteiger partial charge in [-0.3, -0.25) is 0 Å². The molecule has 3 rings (SSSR count). The van der Waals surface area contributed by atoms with E-state index in [0.29, 0.717) is 5.69 Å². The Morgan fingerprint density at radius 2 is 2.00 bits per heavy atom. The molecule has 0 saturated heterocycles. The normalized spacial score (nSPS) is 10.8. The SMILES string of the molecule is Cc1ccc(N)c(NCCc2nc3ccccc3[nH]2)n1. The molecule has 5 nitrogen and oxygen atoms in total. The third-order valence-corrected chi connectivity index (χ3v) is 3.16. The van der Waals surface area contributed by atoms with Crippen molar-refractivity contribution in [1.29, 1.82) is 0 Å². The summed E-state index contributed by atoms with van der Waals surface area (Å²) >= 11 is 0. The van der Waals surface area contributed by atoms with E-state index < -0.39 is 0 Å². The molecule has 0 spiro atoms. The maximum Gasteiger partial charge on any atom is 0.149 e. The molecule has 102 valence electrons. The van der Waals surface area contributed by atoms with Gasteiger partial charge in [0.25, 0.3) is 0 Å². The van der Waals surface area contributed by atoms with Gasteiger partial charge in [-0.15, -0.1) is 0 Å². The van der Waals surface area contributed by atoms with Crippen molar-refractivity contribution in [3.05, 3.63) is 47.9 Å². The first-order chi connectivity index (χ1) is 9.72. The predicted molar refractivity (Wildman–Crippen MR) is 81.7 cm³/mol. The lowest BCUT2D eigenvalue weighted by Gasteiger charge is -2.07. The van der Waals surface area contributed by atoms with Crippen LogP contribution in [0.1, 0.15) is 11.5 Å². The highest BCUT2D eigenvalue weighted by atomic mass is 15.0. The van der Waals surface area contributed by atoms with Crippen LogP contribution in [-0.2, 0) is 6.42 Å². The van der Waals surface area contributed by atoms with Crippen molar-refractivity contribution in [2.75, 3.05) is 17.6 Å². The monoisotopic (exact) mass is 267 g/mol. The van der Waals surface area contributed by atoms with Crippen molar-refractivity contribution in [2.24, 2.45) is 0 Å². The Morgan fingerprint density at radius 3 is 2.85 bits per heavy atom. The number of aromatic nitrogens is 3. The van der Waals surface area contributed by atoms with Gasteiger partial charge >= 0.3 is 0 Å². The molecule has 0 amide bonds. The smallest absolute Gasteiger partial charge is 0.149 e. The van der Waals surface area contributed by atoms with Crippen LogP contribution in [-0.4, -0.2) is 21.5 Å². The third-order valence-electron chi connectivity index (χ3n) is 3.16. The van der Waals surface area contributed by atoms with E-state index in [-0.39, 0.29) is 0 Å². The summed E-state index contributed by atoms with van der Waals surface area (Å²) in [4.78, 5) is 12.2. The summed E-state index contributed by atoms with van der Waals surface area (Å²) in [5.74, 6) is 1.70. The van der Waals surface area contributed by atoms with E-state index in [0.717, 1.165) is 41.3 Å². The first-order valence-corrected chi connectivity index (χ1v) is 6.63. The van der Waals surface area contributed by atoms with Gasteiger partial charge < -0.3 is 16.0 Å². The first kappa shape index (κ1) is 12.5. The molecule has 0 radical (unpaired) electrons. The molecule has 2 heterocycles. The molecule has 0 atom stereocenters. The van der Waals surface area contributed by atoms with Gasteiger partial charge in [0.2, 0.25) is 0 Å². The Balaban J connectivity index is 1.66. The molecule has 5 heteroatoms. The van der Waals surface area contributed by atoms with Crippen LogP contribution >= 0.6 is 0 Å². The van der Waals surface area contributed by atoms with E-state index in [1.165, 1.54) is 0 Å². The van der Waals surface area contributed by atoms with Crippen LogP contribution < -0.4 is 11.1 Å². The van der Waals surface area contributed by atoms with E-state index in [1.807, 2.05) is 43.3 Å². The molecule has 4 N–H and O–H groups in total. The van der Waals surface area contributed by atoms with Gasteiger partial charge in [0.15, 0.2) is 0 Å². The van der Waals surface area contributed by atoms with Crippen LogP contribution in [0.15, 0.2) is 36.4 Å². The van der Waals surface area contributed by atoms with Crippen LogP contribution in [0, 0.1) is 6.92 Å². The lowest BCUT2D eigenvalue weighted by Crippen LogP contribution is -2.09. The van der Waals surface area contributed by atoms with Crippen LogP contribution in [0.2, 0.25) is 0 Å². The lowest BCUT2D eigenvalue weighted by atomic mass is 10.3. The molecule has 0 unspecified atom stereocenters. The molecule has 3 aromatic rings. The predicted octanol–water partition coefficient (Wildman–Crippen LogP) is 2.50. The number of nitrogens with one attached hydrogen (secondary N) is 2. The summed E-state index contributed by atoms with van der Waals surface area (Å²) in [6.45, 7) is 2.68. The Bertz CT molecular complexity index is 699. The molecule has 2 aromatic heterocycles. The number of hydrogen-bond donors (Lipinski definition) is 3. The molecule has 1 aromatic carbocycles. The van der Waals surface area contributed by atoms with Crippen LogP contribution in [0.4, 0.5) is 11.5 Å². The van der Waals surface area contributed by atoms with Crippen molar-refractivity contribution in [3.63, 3.8) is 0 Å². The first-order valence-electron chi connectivity index (χ1n) is 6.63. The maximum absolute atomic E-state index is 5.88. The van der Waals surface area contributed by atoms with Gasteiger partial charge in [0.05, 0.1) is 16.7 Å². The number of para-hydroxylation sites is 2. The summed E-state index contributed by atoms with van der Waals surface area (Å²) in [7, 11) is 0. The molecule has 0 aliphatic carbocycles. The number of benzene rings is 1. The lowest BCUT2D eigenvalue weighted by molar-refractivity contribution is 0.927. The average molecular weight is 267 g/mol. The fourth-order valence-electron chi connectivity index (χ4n) is 2.13. The summed E-state index contributed by atoms with van der Waals surface area (Å²) in [6.07, 6.45) is 0.795. The number of pyridine rings is 1. The highest BCUT2D eigenvalue weighted by Crippen LogP contribution is 2.15. The Kier molecular flexibility index (Phi) is 3.25. The molecule has 0 aliphatic heterocycles. The van der Waals surface area contributed by atoms with Gasteiger partial charge in [0.1, 0.15) is 11.6 Å². The Morgan fingerprint density at radius 1 is 1.15 bits per heavy atom. The molecule has 0 saturated carbocycles. The minimum absolute atomic E-state index is 0.667. The number of rotatable bonds is 4. The van der Waals surface area contributed by atoms with Gasteiger partial charge in [-0.1, -0.05) is 12.1 Å². The van der Waals surface area contributed by atoms with Gasteiger partial charge in [0, 0.05) is 18.7 Å². The quantitative estimate of drug-likeness (QED) is 0.678. The zero-order valence-electron chi connectivity index (χ0n) is 11.4. The number of H-pyrrole nitrogens is 1. The largest absolute Gasteiger partial charge is 0.396 e. The molecule has 20 heavy (non-hydrogen) atoms. The molecular weight excluding hydrogens is 250 g/mol. The molecule has 0 aliphatic rings. The van der Waals surface area contributed by atoms with Crippen LogP contribution in [0.25, 0.3) is 11.0 Å². The van der Waals surface area contributed by atoms with Crippen LogP contribution in [0.5, 0.6) is 0 Å². The van der Waals surface area contributed by atoms with E-state index in [9.17, 15) is 0 Å². The Hall–Kier alpha value is -2.56. The minimum Gasteiger partial charge on any atom is -0.396 e. The number of aromatic amines is 1. The summed E-state index contributed by atoms with van der Waals surface area (Å²) < 4.78 is 0. The van der Waals surface area contributed by atoms with Crippen molar-refractivity contribution >= 4 is 22.5 Å². The fourth-order valence-corrected chi connectivity index (χ4v) is 2.13. The average Bonchev–Trinajstić information content (AvgIpc) is 2.85. The van der Waals surface area contributed by atoms with Gasteiger partial charge in [-0.2, -0.15) is 0 Å². The maximum atomic E-state index is 5.88. The summed E-state index contributed by atoms with van der Waals surface area (Å²) in [6, 6.07) is 11.8. The second-order valence-electron chi connectivity index (χ2n) is 4.77. The topological polar surface area (TPSA) is 79.6 Å². The van der Waals surface area contributed by atoms with Gasteiger partial charge in [-0.25, -0.2) is 9.97 Å². The highest BCUT2D eigenvalue weighted by Gasteiger charge is 2.03. The number of fused-ring (bicyclic) bond motifs is 1. The number of anilines is 2. The fraction of sp³-hybridized carbons (Fsp3) is 0.200. The van der Waals surface area contributed by atoms with Crippen molar-refractivity contribution in [3.8, 4) is 0 Å². The van der Waals surface area contributed by atoms with Crippen molar-refractivity contribution in [1.82, 2.24) is 15.0 Å². The summed E-state index contributed by atoms with van der Waals surface area (Å²) in [5.41, 5.74) is 9.56. The minimum atomic E-state index is 0.667. The number of nitrogens with zero attached hydrogens (tertiary/aromatic N) is 2. The summed E-state index contributed by atoms with van der Waals surface area (Å²) in [5, 5.41) is 3.25. The van der Waals surface area contributed by atoms with E-state index in [4.69, 9.17) is 5.73 Å². The molecule has 0 fully saturated rings. The standard InChI is InChI=1S/C15H17N5/c1-10-6-7-11(16)15(18-10)17-9-8-14-19-12-4-2-3-5-13(12)20-14/h2-7H,8-9,16H2,1H3,(H,17,18)(H,19,20). The van der Waals surface area contributed by atoms with Crippen molar-refractivity contribution in [2.45, 2.75) is 13.3 Å². The third kappa shape index (κ3) is 2.56. The number of hydrogen-bond acceptors (Lipinski definition) is 4. The number of nitrogens with two attached hydrogens (primary N) is 1. The van der Waals surface area contributed by atoms with Crippen LogP contribution in [0.3, 0.4) is 0 Å². The van der Waals surface area contributed by atoms with E-state index in [2.05, 4.69) is 20.3 Å². The van der Waals surface area contributed by atoms with Crippen molar-refractivity contribution < 1.29 is 0 Å². The van der Waals surface area contributed by atoms with E-state index >= 15 is 0 Å².